The third-order valence-corrected chi connectivity index (χ3v) is 9.07. The molecule has 4 aliphatic carbocycles. The van der Waals surface area contributed by atoms with Gasteiger partial charge in [-0.3, -0.25) is 9.59 Å². The second kappa shape index (κ2) is 7.16. The van der Waals surface area contributed by atoms with Crippen molar-refractivity contribution >= 4 is 17.3 Å². The molecule has 4 heteroatoms. The highest BCUT2D eigenvalue weighted by Crippen LogP contribution is 2.66. The Bertz CT molecular complexity index is 1000. The predicted octanol–water partition coefficient (Wildman–Crippen LogP) is 4.95. The number of nitrogens with one attached hydrogen (secondary N) is 1. The zero-order valence-electron chi connectivity index (χ0n) is 18.8. The monoisotopic (exact) mass is 419 g/mol. The quantitative estimate of drug-likeness (QED) is 0.728. The zero-order valence-corrected chi connectivity index (χ0v) is 18.8. The summed E-state index contributed by atoms with van der Waals surface area (Å²) in [7, 11) is 1.92. The molecule has 4 aliphatic rings. The standard InChI is InChI=1S/C27H33NO3/c1-16(29)27(31)13-12-24-22-10-6-18-14-20(30)9-11-21(18)25(22)23(15-26(24,27)2)17-4-7-19(28-3)8-5-17/h4-5,7-8,14,22-24,28,31H,6,9-13,15H2,1-3H3/t22-,23+,24-,26-,27-/m0/s1. The fourth-order valence-corrected chi connectivity index (χ4v) is 7.42. The maximum absolute atomic E-state index is 12.7. The third kappa shape index (κ3) is 2.91. The van der Waals surface area contributed by atoms with Gasteiger partial charge in [0, 0.05) is 30.5 Å². The summed E-state index contributed by atoms with van der Waals surface area (Å²) in [5.41, 5.74) is 4.80. The number of anilines is 1. The molecule has 1 aromatic carbocycles. The maximum atomic E-state index is 12.7. The highest BCUT2D eigenvalue weighted by atomic mass is 16.3. The Morgan fingerprint density at radius 3 is 2.55 bits per heavy atom. The minimum Gasteiger partial charge on any atom is -0.388 e. The molecular formula is C27H33NO3. The molecule has 2 N–H and O–H groups in total. The van der Waals surface area contributed by atoms with E-state index >= 15 is 0 Å². The van der Waals surface area contributed by atoms with Gasteiger partial charge in [0.1, 0.15) is 5.60 Å². The van der Waals surface area contributed by atoms with Gasteiger partial charge < -0.3 is 10.4 Å². The molecule has 0 unspecified atom stereocenters. The maximum Gasteiger partial charge on any atom is 0.161 e. The van der Waals surface area contributed by atoms with Crippen molar-refractivity contribution in [1.82, 2.24) is 0 Å². The lowest BCUT2D eigenvalue weighted by atomic mass is 9.51. The van der Waals surface area contributed by atoms with E-state index in [2.05, 4.69) is 36.5 Å². The summed E-state index contributed by atoms with van der Waals surface area (Å²) >= 11 is 0. The highest BCUT2D eigenvalue weighted by Gasteiger charge is 2.64. The van der Waals surface area contributed by atoms with Crippen molar-refractivity contribution < 1.29 is 14.7 Å². The van der Waals surface area contributed by atoms with E-state index < -0.39 is 11.0 Å². The molecule has 0 spiro atoms. The molecule has 0 aliphatic heterocycles. The Morgan fingerprint density at radius 1 is 1.13 bits per heavy atom. The minimum absolute atomic E-state index is 0.0856. The van der Waals surface area contributed by atoms with E-state index in [0.717, 1.165) is 37.8 Å². The Morgan fingerprint density at radius 2 is 1.87 bits per heavy atom. The van der Waals surface area contributed by atoms with E-state index in [1.165, 1.54) is 22.3 Å². The first-order chi connectivity index (χ1) is 14.8. The molecule has 0 heterocycles. The molecule has 1 aromatic rings. The number of benzene rings is 1. The van der Waals surface area contributed by atoms with E-state index in [9.17, 15) is 14.7 Å². The first-order valence-corrected chi connectivity index (χ1v) is 11.8. The molecule has 0 aromatic heterocycles. The minimum atomic E-state index is -1.24. The van der Waals surface area contributed by atoms with Crippen LogP contribution in [0, 0.1) is 17.3 Å². The Kier molecular flexibility index (Phi) is 4.78. The molecule has 2 fully saturated rings. The Labute approximate surface area is 184 Å². The largest absolute Gasteiger partial charge is 0.388 e. The smallest absolute Gasteiger partial charge is 0.161 e. The fourth-order valence-electron chi connectivity index (χ4n) is 7.42. The van der Waals surface area contributed by atoms with E-state index in [4.69, 9.17) is 0 Å². The van der Waals surface area contributed by atoms with Crippen LogP contribution in [0.1, 0.15) is 70.3 Å². The van der Waals surface area contributed by atoms with Crippen molar-refractivity contribution in [2.75, 3.05) is 12.4 Å². The number of allylic oxidation sites excluding steroid dienone is 4. The number of Topliss-reactive ketones (excluding diaryl/α,β-unsaturated/α-hetero) is 1. The van der Waals surface area contributed by atoms with Gasteiger partial charge in [-0.2, -0.15) is 0 Å². The van der Waals surface area contributed by atoms with Crippen molar-refractivity contribution in [3.05, 3.63) is 52.6 Å². The van der Waals surface area contributed by atoms with E-state index in [-0.39, 0.29) is 17.5 Å². The van der Waals surface area contributed by atoms with Crippen LogP contribution in [0.15, 0.2) is 47.1 Å². The number of carbonyl (C=O) groups is 2. The number of rotatable bonds is 3. The molecule has 164 valence electrons. The molecule has 4 nitrogen and oxygen atoms in total. The molecule has 2 saturated carbocycles. The summed E-state index contributed by atoms with van der Waals surface area (Å²) in [4.78, 5) is 24.8. The molecular weight excluding hydrogens is 386 g/mol. The first-order valence-electron chi connectivity index (χ1n) is 11.8. The van der Waals surface area contributed by atoms with Crippen molar-refractivity contribution in [3.63, 3.8) is 0 Å². The van der Waals surface area contributed by atoms with Gasteiger partial charge in [-0.05, 0) is 92.2 Å². The van der Waals surface area contributed by atoms with Gasteiger partial charge in [0.2, 0.25) is 0 Å². The number of carbonyl (C=O) groups excluding carboxylic acids is 2. The van der Waals surface area contributed by atoms with Gasteiger partial charge >= 0.3 is 0 Å². The second-order valence-electron chi connectivity index (χ2n) is 10.3. The van der Waals surface area contributed by atoms with Crippen LogP contribution in [0.4, 0.5) is 5.69 Å². The fraction of sp³-hybridized carbons (Fsp3) is 0.556. The average molecular weight is 420 g/mol. The van der Waals surface area contributed by atoms with Crippen molar-refractivity contribution in [2.45, 2.75) is 70.3 Å². The topological polar surface area (TPSA) is 66.4 Å². The Balaban J connectivity index is 1.68. The lowest BCUT2D eigenvalue weighted by Gasteiger charge is -2.54. The summed E-state index contributed by atoms with van der Waals surface area (Å²) in [6.07, 6.45) is 7.51. The van der Waals surface area contributed by atoms with Crippen LogP contribution >= 0.6 is 0 Å². The van der Waals surface area contributed by atoms with Crippen molar-refractivity contribution in [1.29, 1.82) is 0 Å². The third-order valence-electron chi connectivity index (χ3n) is 9.07. The predicted molar refractivity (Wildman–Crippen MR) is 122 cm³/mol. The van der Waals surface area contributed by atoms with Crippen LogP contribution < -0.4 is 5.32 Å². The van der Waals surface area contributed by atoms with Crippen molar-refractivity contribution in [3.8, 4) is 0 Å². The van der Waals surface area contributed by atoms with Gasteiger partial charge in [0.15, 0.2) is 11.6 Å². The van der Waals surface area contributed by atoms with Gasteiger partial charge in [-0.25, -0.2) is 0 Å². The summed E-state index contributed by atoms with van der Waals surface area (Å²) in [5.74, 6) is 1.03. The molecule has 0 saturated heterocycles. The second-order valence-corrected chi connectivity index (χ2v) is 10.3. The van der Waals surface area contributed by atoms with Crippen LogP contribution in [0.25, 0.3) is 0 Å². The summed E-state index contributed by atoms with van der Waals surface area (Å²) in [5, 5.41) is 14.8. The highest BCUT2D eigenvalue weighted by molar-refractivity contribution is 5.93. The normalized spacial score (nSPS) is 37.0. The summed E-state index contributed by atoms with van der Waals surface area (Å²) < 4.78 is 0. The molecule has 0 bridgehead atoms. The number of fused-ring (bicyclic) bond motifs is 4. The van der Waals surface area contributed by atoms with Gasteiger partial charge in [-0.1, -0.05) is 24.6 Å². The van der Waals surface area contributed by atoms with E-state index in [1.54, 1.807) is 6.92 Å². The average Bonchev–Trinajstić information content (AvgIpc) is 3.04. The number of ketones is 2. The lowest BCUT2D eigenvalue weighted by Crippen LogP contribution is -2.55. The molecule has 5 atom stereocenters. The molecule has 0 radical (unpaired) electrons. The number of hydrogen-bond donors (Lipinski definition) is 2. The van der Waals surface area contributed by atoms with Gasteiger partial charge in [0.25, 0.3) is 0 Å². The molecule has 5 rings (SSSR count). The van der Waals surface area contributed by atoms with Crippen LogP contribution in [0.3, 0.4) is 0 Å². The zero-order chi connectivity index (χ0) is 22.0. The van der Waals surface area contributed by atoms with Crippen molar-refractivity contribution in [2.24, 2.45) is 17.3 Å². The van der Waals surface area contributed by atoms with Crippen LogP contribution in [-0.2, 0) is 9.59 Å². The SMILES string of the molecule is CNc1ccc([C@H]2C[C@@]3(C)[C@@H](CC[C@]3(O)C(C)=O)[C@@H]3CCC4=CC(=O)CCC4=C32)cc1. The Hall–Kier alpha value is -2.20. The van der Waals surface area contributed by atoms with E-state index in [0.29, 0.717) is 24.7 Å². The summed E-state index contributed by atoms with van der Waals surface area (Å²) in [6, 6.07) is 8.61. The molecule has 31 heavy (non-hydrogen) atoms. The lowest BCUT2D eigenvalue weighted by molar-refractivity contribution is -0.152. The van der Waals surface area contributed by atoms with Gasteiger partial charge in [-0.15, -0.1) is 0 Å². The number of hydrogen-bond acceptors (Lipinski definition) is 4. The van der Waals surface area contributed by atoms with Crippen LogP contribution in [-0.4, -0.2) is 29.3 Å². The van der Waals surface area contributed by atoms with Gasteiger partial charge in [0.05, 0.1) is 0 Å². The number of aliphatic hydroxyl groups is 1. The van der Waals surface area contributed by atoms with E-state index in [1.807, 2.05) is 13.1 Å². The molecule has 0 amide bonds. The first kappa shape index (κ1) is 20.7. The van der Waals surface area contributed by atoms with Crippen LogP contribution in [0.5, 0.6) is 0 Å². The summed E-state index contributed by atoms with van der Waals surface area (Å²) in [6.45, 7) is 3.73. The van der Waals surface area contributed by atoms with Crippen LogP contribution in [0.2, 0.25) is 0 Å².